The van der Waals surface area contributed by atoms with E-state index in [-0.39, 0.29) is 24.1 Å². The summed E-state index contributed by atoms with van der Waals surface area (Å²) in [6.07, 6.45) is 0.319. The van der Waals surface area contributed by atoms with Crippen LogP contribution >= 0.6 is 11.8 Å². The van der Waals surface area contributed by atoms with E-state index in [4.69, 9.17) is 0 Å². The van der Waals surface area contributed by atoms with Crippen molar-refractivity contribution in [3.8, 4) is 0 Å². The van der Waals surface area contributed by atoms with Crippen molar-refractivity contribution in [2.45, 2.75) is 18.1 Å². The summed E-state index contributed by atoms with van der Waals surface area (Å²) in [6, 6.07) is 18.8. The Bertz CT molecular complexity index is 853. The molecule has 3 aromatic rings. The first kappa shape index (κ1) is 19.6. The van der Waals surface area contributed by atoms with E-state index in [0.29, 0.717) is 17.4 Å². The van der Waals surface area contributed by atoms with Crippen LogP contribution in [0.2, 0.25) is 0 Å². The number of aromatic nitrogens is 3. The quantitative estimate of drug-likeness (QED) is 0.572. The highest BCUT2D eigenvalue weighted by Gasteiger charge is 2.12. The number of nitrogens with zero attached hydrogens (tertiary/aromatic N) is 3. The van der Waals surface area contributed by atoms with Crippen LogP contribution in [0.5, 0.6) is 0 Å². The Balaban J connectivity index is 1.46. The van der Waals surface area contributed by atoms with Gasteiger partial charge in [0.05, 0.1) is 18.7 Å². The number of para-hydroxylation sites is 1. The van der Waals surface area contributed by atoms with Gasteiger partial charge in [0.15, 0.2) is 11.0 Å². The molecule has 7 nitrogen and oxygen atoms in total. The Kier molecular flexibility index (Phi) is 6.80. The van der Waals surface area contributed by atoms with Gasteiger partial charge in [0.2, 0.25) is 11.8 Å². The van der Waals surface area contributed by atoms with Gasteiger partial charge in [-0.25, -0.2) is 0 Å². The summed E-state index contributed by atoms with van der Waals surface area (Å²) in [5, 5.41) is 14.5. The van der Waals surface area contributed by atoms with Crippen LogP contribution in [0.4, 0.5) is 5.69 Å². The molecule has 28 heavy (non-hydrogen) atoms. The van der Waals surface area contributed by atoms with Crippen LogP contribution in [0.15, 0.2) is 65.8 Å². The van der Waals surface area contributed by atoms with E-state index in [0.717, 1.165) is 11.3 Å². The molecular weight excluding hydrogens is 374 g/mol. The summed E-state index contributed by atoms with van der Waals surface area (Å²) in [6.45, 7) is 0.284. The first-order valence-corrected chi connectivity index (χ1v) is 9.77. The van der Waals surface area contributed by atoms with Gasteiger partial charge in [0, 0.05) is 12.7 Å². The summed E-state index contributed by atoms with van der Waals surface area (Å²) in [5.41, 5.74) is 1.71. The largest absolute Gasteiger partial charge is 0.349 e. The van der Waals surface area contributed by atoms with Crippen LogP contribution in [0.3, 0.4) is 0 Å². The Hall–Kier alpha value is -3.13. The molecule has 0 saturated heterocycles. The molecule has 3 rings (SSSR count). The number of carbonyl (C=O) groups excluding carboxylic acids is 2. The van der Waals surface area contributed by atoms with Gasteiger partial charge < -0.3 is 15.2 Å². The molecule has 0 aliphatic heterocycles. The third kappa shape index (κ3) is 5.68. The van der Waals surface area contributed by atoms with Crippen LogP contribution in [0.25, 0.3) is 0 Å². The summed E-state index contributed by atoms with van der Waals surface area (Å²) in [7, 11) is 1.82. The minimum Gasteiger partial charge on any atom is -0.349 e. The zero-order chi connectivity index (χ0) is 19.8. The lowest BCUT2D eigenvalue weighted by atomic mass is 10.1. The molecule has 0 fully saturated rings. The highest BCUT2D eigenvalue weighted by molar-refractivity contribution is 7.99. The maximum Gasteiger partial charge on any atom is 0.234 e. The second-order valence-electron chi connectivity index (χ2n) is 6.10. The number of hydrogen-bond acceptors (Lipinski definition) is 5. The molecule has 0 aliphatic carbocycles. The normalized spacial score (nSPS) is 10.5. The van der Waals surface area contributed by atoms with Gasteiger partial charge in [-0.05, 0) is 17.7 Å². The lowest BCUT2D eigenvalue weighted by Crippen LogP contribution is -2.26. The summed E-state index contributed by atoms with van der Waals surface area (Å²) >= 11 is 1.30. The molecule has 0 spiro atoms. The average Bonchev–Trinajstić information content (AvgIpc) is 3.06. The van der Waals surface area contributed by atoms with Crippen molar-refractivity contribution in [2.24, 2.45) is 7.05 Å². The molecule has 0 aliphatic rings. The van der Waals surface area contributed by atoms with E-state index in [1.807, 2.05) is 67.7 Å². The van der Waals surface area contributed by atoms with E-state index in [1.54, 1.807) is 4.57 Å². The SMILES string of the molecule is Cn1c(CNC(=O)Cc2ccccc2)nnc1SCC(=O)Nc1ccccc1. The third-order valence-corrected chi connectivity index (χ3v) is 4.99. The van der Waals surface area contributed by atoms with Crippen molar-refractivity contribution in [3.63, 3.8) is 0 Å². The zero-order valence-electron chi connectivity index (χ0n) is 15.5. The Morgan fingerprint density at radius 3 is 2.36 bits per heavy atom. The second-order valence-corrected chi connectivity index (χ2v) is 7.04. The highest BCUT2D eigenvalue weighted by Crippen LogP contribution is 2.16. The lowest BCUT2D eigenvalue weighted by molar-refractivity contribution is -0.120. The molecule has 1 heterocycles. The van der Waals surface area contributed by atoms with Crippen molar-refractivity contribution in [1.82, 2.24) is 20.1 Å². The second kappa shape index (κ2) is 9.70. The molecule has 144 valence electrons. The maximum atomic E-state index is 12.1. The number of benzene rings is 2. The molecule has 1 aromatic heterocycles. The highest BCUT2D eigenvalue weighted by atomic mass is 32.2. The minimum atomic E-state index is -0.114. The summed E-state index contributed by atoms with van der Waals surface area (Å²) in [4.78, 5) is 24.1. The van der Waals surface area contributed by atoms with Crippen molar-refractivity contribution in [2.75, 3.05) is 11.1 Å². The molecule has 0 unspecified atom stereocenters. The molecule has 0 atom stereocenters. The number of carbonyl (C=O) groups is 2. The smallest absolute Gasteiger partial charge is 0.234 e. The first-order valence-electron chi connectivity index (χ1n) is 8.78. The Morgan fingerprint density at radius 2 is 1.64 bits per heavy atom. The Labute approximate surface area is 167 Å². The van der Waals surface area contributed by atoms with E-state index >= 15 is 0 Å². The fourth-order valence-electron chi connectivity index (χ4n) is 2.49. The molecule has 0 radical (unpaired) electrons. The molecule has 2 aromatic carbocycles. The van der Waals surface area contributed by atoms with Gasteiger partial charge in [0.1, 0.15) is 0 Å². The van der Waals surface area contributed by atoms with Crippen LogP contribution in [-0.2, 0) is 29.6 Å². The molecule has 2 amide bonds. The van der Waals surface area contributed by atoms with Gasteiger partial charge in [-0.1, -0.05) is 60.3 Å². The lowest BCUT2D eigenvalue weighted by Gasteiger charge is -2.07. The van der Waals surface area contributed by atoms with Crippen molar-refractivity contribution < 1.29 is 9.59 Å². The predicted octanol–water partition coefficient (Wildman–Crippen LogP) is 2.40. The van der Waals surface area contributed by atoms with Crippen LogP contribution in [-0.4, -0.2) is 32.3 Å². The van der Waals surface area contributed by atoms with Gasteiger partial charge in [-0.3, -0.25) is 9.59 Å². The number of anilines is 1. The Morgan fingerprint density at radius 1 is 0.964 bits per heavy atom. The fraction of sp³-hybridized carbons (Fsp3) is 0.200. The monoisotopic (exact) mass is 395 g/mol. The number of thioether (sulfide) groups is 1. The van der Waals surface area contributed by atoms with Crippen molar-refractivity contribution >= 4 is 29.3 Å². The van der Waals surface area contributed by atoms with Gasteiger partial charge in [-0.2, -0.15) is 0 Å². The predicted molar refractivity (Wildman–Crippen MR) is 109 cm³/mol. The molecule has 0 bridgehead atoms. The molecule has 2 N–H and O–H groups in total. The number of amides is 2. The summed E-state index contributed by atoms with van der Waals surface area (Å²) < 4.78 is 1.78. The fourth-order valence-corrected chi connectivity index (χ4v) is 3.22. The molecule has 0 saturated carbocycles. The number of hydrogen-bond donors (Lipinski definition) is 2. The zero-order valence-corrected chi connectivity index (χ0v) is 16.3. The van der Waals surface area contributed by atoms with Crippen LogP contribution in [0, 0.1) is 0 Å². The van der Waals surface area contributed by atoms with E-state index in [1.165, 1.54) is 11.8 Å². The van der Waals surface area contributed by atoms with Crippen molar-refractivity contribution in [1.29, 1.82) is 0 Å². The average molecular weight is 395 g/mol. The van der Waals surface area contributed by atoms with E-state index in [2.05, 4.69) is 20.8 Å². The molecule has 8 heteroatoms. The minimum absolute atomic E-state index is 0.0781. The standard InChI is InChI=1S/C20H21N5O2S/c1-25-17(13-21-18(26)12-15-8-4-2-5-9-15)23-24-20(25)28-14-19(27)22-16-10-6-3-7-11-16/h2-11H,12-14H2,1H3,(H,21,26)(H,22,27). The van der Waals surface area contributed by atoms with Gasteiger partial charge >= 0.3 is 0 Å². The van der Waals surface area contributed by atoms with Gasteiger partial charge in [0.25, 0.3) is 0 Å². The van der Waals surface area contributed by atoms with Crippen LogP contribution in [0.1, 0.15) is 11.4 Å². The maximum absolute atomic E-state index is 12.1. The van der Waals surface area contributed by atoms with Gasteiger partial charge in [-0.15, -0.1) is 10.2 Å². The first-order chi connectivity index (χ1) is 13.6. The summed E-state index contributed by atoms with van der Waals surface area (Å²) in [5.74, 6) is 0.663. The molecular formula is C20H21N5O2S. The third-order valence-electron chi connectivity index (χ3n) is 3.97. The number of rotatable bonds is 8. The van der Waals surface area contributed by atoms with E-state index in [9.17, 15) is 9.59 Å². The van der Waals surface area contributed by atoms with E-state index < -0.39 is 0 Å². The van der Waals surface area contributed by atoms with Crippen molar-refractivity contribution in [3.05, 3.63) is 72.1 Å². The van der Waals surface area contributed by atoms with Crippen LogP contribution < -0.4 is 10.6 Å². The topological polar surface area (TPSA) is 88.9 Å². The number of nitrogens with one attached hydrogen (secondary N) is 2.